The number of alkyl halides is 3. The summed E-state index contributed by atoms with van der Waals surface area (Å²) in [5.41, 5.74) is 1.62. The van der Waals surface area contributed by atoms with E-state index in [0.29, 0.717) is 25.5 Å². The number of benzene rings is 1. The van der Waals surface area contributed by atoms with Crippen LogP contribution in [0.15, 0.2) is 35.3 Å². The number of halogens is 3. The van der Waals surface area contributed by atoms with E-state index in [1.807, 2.05) is 6.07 Å². The summed E-state index contributed by atoms with van der Waals surface area (Å²) in [6, 6.07) is 10.5. The molecule has 2 N–H and O–H groups in total. The molecule has 1 saturated carbocycles. The molecular weight excluding hydrogens is 341 g/mol. The fraction of sp³-hybridized carbons (Fsp3) is 0.632. The molecular formula is C19H27F3N4. The third-order valence-electron chi connectivity index (χ3n) is 5.25. The Kier molecular flexibility index (Phi) is 5.75. The maximum Gasteiger partial charge on any atom is 0.401 e. The van der Waals surface area contributed by atoms with E-state index in [0.717, 1.165) is 13.0 Å². The van der Waals surface area contributed by atoms with E-state index < -0.39 is 12.7 Å². The zero-order valence-corrected chi connectivity index (χ0v) is 15.1. The van der Waals surface area contributed by atoms with Gasteiger partial charge in [0.1, 0.15) is 0 Å². The maximum atomic E-state index is 12.5. The zero-order chi connectivity index (χ0) is 18.6. The summed E-state index contributed by atoms with van der Waals surface area (Å²) in [5, 5.41) is 6.66. The van der Waals surface area contributed by atoms with Gasteiger partial charge in [-0.05, 0) is 36.7 Å². The minimum Gasteiger partial charge on any atom is -0.356 e. The largest absolute Gasteiger partial charge is 0.401 e. The fourth-order valence-corrected chi connectivity index (χ4v) is 3.63. The van der Waals surface area contributed by atoms with Crippen molar-refractivity contribution in [2.24, 2.45) is 10.4 Å². The molecule has 2 fully saturated rings. The lowest BCUT2D eigenvalue weighted by molar-refractivity contribution is -0.143. The third kappa shape index (κ3) is 5.62. The summed E-state index contributed by atoms with van der Waals surface area (Å²) in [5.74, 6) is 0.684. The molecule has 1 aromatic carbocycles. The Hall–Kier alpha value is -1.76. The molecule has 1 saturated heterocycles. The lowest BCUT2D eigenvalue weighted by Crippen LogP contribution is -2.46. The van der Waals surface area contributed by atoms with Gasteiger partial charge < -0.3 is 10.6 Å². The van der Waals surface area contributed by atoms with Crippen molar-refractivity contribution in [2.75, 3.05) is 33.2 Å². The van der Waals surface area contributed by atoms with Gasteiger partial charge in [0.05, 0.1) is 6.54 Å². The van der Waals surface area contributed by atoms with Crippen LogP contribution in [0.5, 0.6) is 0 Å². The van der Waals surface area contributed by atoms with Crippen LogP contribution in [-0.2, 0) is 6.42 Å². The van der Waals surface area contributed by atoms with Crippen molar-refractivity contribution in [2.45, 2.75) is 37.9 Å². The summed E-state index contributed by atoms with van der Waals surface area (Å²) in [7, 11) is 1.70. The Morgan fingerprint density at radius 1 is 1.27 bits per heavy atom. The first kappa shape index (κ1) is 19.0. The van der Waals surface area contributed by atoms with E-state index in [1.54, 1.807) is 7.05 Å². The van der Waals surface area contributed by atoms with Crippen LogP contribution < -0.4 is 10.6 Å². The zero-order valence-electron chi connectivity index (χ0n) is 15.1. The molecule has 0 bridgehead atoms. The van der Waals surface area contributed by atoms with Gasteiger partial charge in [-0.15, -0.1) is 0 Å². The van der Waals surface area contributed by atoms with Crippen LogP contribution in [0.2, 0.25) is 0 Å². The van der Waals surface area contributed by atoms with E-state index in [2.05, 4.69) is 39.9 Å². The molecule has 1 unspecified atom stereocenters. The molecule has 7 heteroatoms. The first-order chi connectivity index (χ1) is 12.4. The van der Waals surface area contributed by atoms with Crippen LogP contribution in [0.4, 0.5) is 13.2 Å². The predicted octanol–water partition coefficient (Wildman–Crippen LogP) is 2.81. The Bertz CT molecular complexity index is 611. The minimum absolute atomic E-state index is 0.00725. The maximum absolute atomic E-state index is 12.5. The first-order valence-corrected chi connectivity index (χ1v) is 9.18. The van der Waals surface area contributed by atoms with Crippen LogP contribution in [0.3, 0.4) is 0 Å². The highest BCUT2D eigenvalue weighted by molar-refractivity contribution is 5.80. The summed E-state index contributed by atoms with van der Waals surface area (Å²) in [6.07, 6.45) is -0.0134. The molecule has 144 valence electrons. The summed E-state index contributed by atoms with van der Waals surface area (Å²) in [4.78, 5) is 5.69. The topological polar surface area (TPSA) is 39.7 Å². The molecule has 26 heavy (non-hydrogen) atoms. The van der Waals surface area contributed by atoms with Crippen LogP contribution >= 0.6 is 0 Å². The number of nitrogens with zero attached hydrogens (tertiary/aromatic N) is 2. The van der Waals surface area contributed by atoms with Crippen molar-refractivity contribution in [3.8, 4) is 0 Å². The highest BCUT2D eigenvalue weighted by Crippen LogP contribution is 2.47. The van der Waals surface area contributed by atoms with E-state index in [4.69, 9.17) is 0 Å². The Balaban J connectivity index is 1.44. The van der Waals surface area contributed by atoms with Gasteiger partial charge in [0.25, 0.3) is 0 Å². The molecule has 1 heterocycles. The van der Waals surface area contributed by atoms with Gasteiger partial charge in [-0.2, -0.15) is 13.2 Å². The van der Waals surface area contributed by atoms with Crippen molar-refractivity contribution >= 4 is 5.96 Å². The average Bonchev–Trinajstić information content (AvgIpc) is 3.21. The normalized spacial score (nSPS) is 23.1. The summed E-state index contributed by atoms with van der Waals surface area (Å²) in [6.45, 7) is 0.861. The van der Waals surface area contributed by atoms with Crippen LogP contribution in [0.25, 0.3) is 0 Å². The van der Waals surface area contributed by atoms with Crippen molar-refractivity contribution < 1.29 is 13.2 Å². The number of hydrogen-bond donors (Lipinski definition) is 2. The molecule has 1 aliphatic heterocycles. The third-order valence-corrected chi connectivity index (χ3v) is 5.25. The van der Waals surface area contributed by atoms with E-state index in [-0.39, 0.29) is 11.5 Å². The predicted molar refractivity (Wildman–Crippen MR) is 97.2 cm³/mol. The van der Waals surface area contributed by atoms with Gasteiger partial charge in [-0.1, -0.05) is 30.3 Å². The van der Waals surface area contributed by atoms with Gasteiger partial charge in [0.15, 0.2) is 5.96 Å². The van der Waals surface area contributed by atoms with E-state index in [9.17, 15) is 13.2 Å². The van der Waals surface area contributed by atoms with Crippen molar-refractivity contribution in [1.82, 2.24) is 15.5 Å². The van der Waals surface area contributed by atoms with Crippen molar-refractivity contribution in [3.63, 3.8) is 0 Å². The van der Waals surface area contributed by atoms with Crippen LogP contribution in [-0.4, -0.2) is 56.3 Å². The molecule has 3 rings (SSSR count). The fourth-order valence-electron chi connectivity index (χ4n) is 3.63. The quantitative estimate of drug-likeness (QED) is 0.599. The Morgan fingerprint density at radius 3 is 2.62 bits per heavy atom. The average molecular weight is 368 g/mol. The number of aliphatic imine (C=N–C) groups is 1. The van der Waals surface area contributed by atoms with Gasteiger partial charge in [0, 0.05) is 32.7 Å². The molecule has 1 aliphatic carbocycles. The monoisotopic (exact) mass is 368 g/mol. The van der Waals surface area contributed by atoms with Gasteiger partial charge in [0.2, 0.25) is 0 Å². The van der Waals surface area contributed by atoms with Gasteiger partial charge >= 0.3 is 6.18 Å². The highest BCUT2D eigenvalue weighted by Gasteiger charge is 2.42. The number of rotatable bonds is 6. The lowest BCUT2D eigenvalue weighted by Gasteiger charge is -2.22. The van der Waals surface area contributed by atoms with Crippen molar-refractivity contribution in [1.29, 1.82) is 0 Å². The number of guanidine groups is 1. The SMILES string of the molecule is CN=C(NCC1(Cc2ccccc2)CC1)NC1CCN(CC(F)(F)F)C1. The molecule has 1 atom stereocenters. The van der Waals surface area contributed by atoms with Gasteiger partial charge in [-0.25, -0.2) is 0 Å². The molecule has 4 nitrogen and oxygen atoms in total. The second-order valence-electron chi connectivity index (χ2n) is 7.57. The summed E-state index contributed by atoms with van der Waals surface area (Å²) < 4.78 is 37.5. The van der Waals surface area contributed by atoms with E-state index >= 15 is 0 Å². The standard InChI is InChI=1S/C19H27F3N4/c1-23-17(25-16-7-10-26(12-16)14-19(20,21)22)24-13-18(8-9-18)11-15-5-3-2-4-6-15/h2-6,16H,7-14H2,1H3,(H2,23,24,25). The number of hydrogen-bond acceptors (Lipinski definition) is 2. The minimum atomic E-state index is -4.13. The van der Waals surface area contributed by atoms with Gasteiger partial charge in [-0.3, -0.25) is 9.89 Å². The molecule has 0 amide bonds. The number of nitrogens with one attached hydrogen (secondary N) is 2. The first-order valence-electron chi connectivity index (χ1n) is 9.18. The highest BCUT2D eigenvalue weighted by atomic mass is 19.4. The number of likely N-dealkylation sites (tertiary alicyclic amines) is 1. The van der Waals surface area contributed by atoms with Crippen LogP contribution in [0, 0.1) is 5.41 Å². The molecule has 0 aromatic heterocycles. The molecule has 1 aromatic rings. The second kappa shape index (κ2) is 7.86. The van der Waals surface area contributed by atoms with E-state index in [1.165, 1.54) is 23.3 Å². The molecule has 0 spiro atoms. The Morgan fingerprint density at radius 2 is 2.00 bits per heavy atom. The van der Waals surface area contributed by atoms with Crippen LogP contribution in [0.1, 0.15) is 24.8 Å². The summed E-state index contributed by atoms with van der Waals surface area (Å²) >= 11 is 0. The lowest BCUT2D eigenvalue weighted by atomic mass is 9.96. The Labute approximate surface area is 152 Å². The molecule has 2 aliphatic rings. The smallest absolute Gasteiger partial charge is 0.356 e. The molecule has 0 radical (unpaired) electrons. The van der Waals surface area contributed by atoms with Crippen molar-refractivity contribution in [3.05, 3.63) is 35.9 Å². The second-order valence-corrected chi connectivity index (χ2v) is 7.57.